The summed E-state index contributed by atoms with van der Waals surface area (Å²) in [5.74, 6) is 1.61. The topological polar surface area (TPSA) is 96.0 Å². The maximum atomic E-state index is 12.2. The van der Waals surface area contributed by atoms with Gasteiger partial charge in [0.2, 0.25) is 5.91 Å². The van der Waals surface area contributed by atoms with Crippen molar-refractivity contribution in [3.63, 3.8) is 0 Å². The molecule has 1 atom stereocenters. The van der Waals surface area contributed by atoms with Crippen LogP contribution in [-0.2, 0) is 11.2 Å². The third kappa shape index (κ3) is 3.60. The first-order chi connectivity index (χ1) is 12.1. The summed E-state index contributed by atoms with van der Waals surface area (Å²) in [4.78, 5) is 32.6. The molecule has 3 aliphatic rings. The van der Waals surface area contributed by atoms with Crippen molar-refractivity contribution in [1.29, 1.82) is 0 Å². The highest BCUT2D eigenvalue weighted by atomic mass is 16.2. The fraction of sp³-hybridized carbons (Fsp3) is 0.667. The number of urea groups is 1. The average molecular weight is 343 g/mol. The molecule has 3 fully saturated rings. The second kappa shape index (κ2) is 6.61. The van der Waals surface area contributed by atoms with E-state index in [1.54, 1.807) is 0 Å². The minimum absolute atomic E-state index is 0.0279. The predicted octanol–water partition coefficient (Wildman–Crippen LogP) is 1.40. The summed E-state index contributed by atoms with van der Waals surface area (Å²) in [5, 5.41) is 9.05. The van der Waals surface area contributed by atoms with Crippen LogP contribution in [-0.4, -0.2) is 40.0 Å². The van der Waals surface area contributed by atoms with E-state index in [1.165, 1.54) is 12.8 Å². The molecule has 2 aliphatic carbocycles. The zero-order valence-corrected chi connectivity index (χ0v) is 14.4. The van der Waals surface area contributed by atoms with Crippen LogP contribution in [0.2, 0.25) is 0 Å². The molecule has 3 N–H and O–H groups in total. The second-order valence-corrected chi connectivity index (χ2v) is 7.52. The molecule has 1 aliphatic heterocycles. The number of hydrogen-bond acceptors (Lipinski definition) is 4. The van der Waals surface area contributed by atoms with Crippen molar-refractivity contribution in [2.75, 3.05) is 6.54 Å². The van der Waals surface area contributed by atoms with Crippen molar-refractivity contribution in [2.45, 2.75) is 68.9 Å². The molecule has 1 aromatic heterocycles. The van der Waals surface area contributed by atoms with Crippen LogP contribution < -0.4 is 16.0 Å². The lowest BCUT2D eigenvalue weighted by molar-refractivity contribution is -0.127. The lowest BCUT2D eigenvalue weighted by atomic mass is 9.68. The molecule has 25 heavy (non-hydrogen) atoms. The van der Waals surface area contributed by atoms with Gasteiger partial charge in [0.1, 0.15) is 5.82 Å². The van der Waals surface area contributed by atoms with Gasteiger partial charge in [0.25, 0.3) is 0 Å². The summed E-state index contributed by atoms with van der Waals surface area (Å²) < 4.78 is 0. The van der Waals surface area contributed by atoms with E-state index in [4.69, 9.17) is 0 Å². The Kier molecular flexibility index (Phi) is 4.31. The van der Waals surface area contributed by atoms with Crippen LogP contribution >= 0.6 is 0 Å². The molecule has 134 valence electrons. The molecular formula is C18H25N5O2. The van der Waals surface area contributed by atoms with Gasteiger partial charge in [-0.3, -0.25) is 4.79 Å². The van der Waals surface area contributed by atoms with Crippen molar-refractivity contribution in [3.8, 4) is 0 Å². The normalized spacial score (nSPS) is 24.3. The summed E-state index contributed by atoms with van der Waals surface area (Å²) in [6.07, 6.45) is 11.0. The Hall–Kier alpha value is -2.18. The number of rotatable bonds is 5. The monoisotopic (exact) mass is 343 g/mol. The summed E-state index contributed by atoms with van der Waals surface area (Å²) in [6, 6.07) is -0.136. The number of piperidine rings is 1. The lowest BCUT2D eigenvalue weighted by Gasteiger charge is -2.50. The summed E-state index contributed by atoms with van der Waals surface area (Å²) in [7, 11) is 0. The molecule has 1 aromatic rings. The molecule has 0 unspecified atom stereocenters. The molecule has 0 radical (unpaired) electrons. The number of nitrogens with one attached hydrogen (secondary N) is 3. The third-order valence-corrected chi connectivity index (χ3v) is 5.63. The maximum Gasteiger partial charge on any atom is 0.315 e. The molecule has 3 amide bonds. The molecular weight excluding hydrogens is 318 g/mol. The summed E-state index contributed by atoms with van der Waals surface area (Å²) in [5.41, 5.74) is 0.823. The van der Waals surface area contributed by atoms with E-state index in [0.717, 1.165) is 37.1 Å². The number of carbonyl (C=O) groups excluding carboxylic acids is 2. The number of amides is 3. The first-order valence-corrected chi connectivity index (χ1v) is 9.31. The van der Waals surface area contributed by atoms with E-state index in [1.807, 2.05) is 12.4 Å². The zero-order chi connectivity index (χ0) is 17.3. The van der Waals surface area contributed by atoms with Crippen LogP contribution in [0.1, 0.15) is 62.3 Å². The highest BCUT2D eigenvalue weighted by molar-refractivity contribution is 5.79. The van der Waals surface area contributed by atoms with Gasteiger partial charge in [0, 0.05) is 31.3 Å². The van der Waals surface area contributed by atoms with Crippen LogP contribution in [0.4, 0.5) is 4.79 Å². The van der Waals surface area contributed by atoms with Crippen LogP contribution in [0.3, 0.4) is 0 Å². The highest BCUT2D eigenvalue weighted by Crippen LogP contribution is 2.39. The molecule has 7 heteroatoms. The SMILES string of the molecule is O=C1CC[C@@H](NC(=O)NCCc2cnc(C3CC3)nc2)C2(CCC2)N1. The third-order valence-electron chi connectivity index (χ3n) is 5.63. The van der Waals surface area contributed by atoms with Crippen molar-refractivity contribution in [3.05, 3.63) is 23.8 Å². The molecule has 1 saturated heterocycles. The number of aromatic nitrogens is 2. The number of carbonyl (C=O) groups is 2. The Morgan fingerprint density at radius 2 is 2.00 bits per heavy atom. The first kappa shape index (κ1) is 16.3. The maximum absolute atomic E-state index is 12.2. The first-order valence-electron chi connectivity index (χ1n) is 9.31. The minimum atomic E-state index is -0.209. The fourth-order valence-electron chi connectivity index (χ4n) is 3.80. The quantitative estimate of drug-likeness (QED) is 0.753. The molecule has 7 nitrogen and oxygen atoms in total. The Balaban J connectivity index is 1.23. The number of hydrogen-bond donors (Lipinski definition) is 3. The van der Waals surface area contributed by atoms with E-state index in [9.17, 15) is 9.59 Å². The predicted molar refractivity (Wildman–Crippen MR) is 92.0 cm³/mol. The summed E-state index contributed by atoms with van der Waals surface area (Å²) >= 11 is 0. The minimum Gasteiger partial charge on any atom is -0.349 e. The lowest BCUT2D eigenvalue weighted by Crippen LogP contribution is -2.69. The van der Waals surface area contributed by atoms with E-state index in [0.29, 0.717) is 25.3 Å². The standard InChI is InChI=1S/C18H25N5O2/c24-15-5-4-14(18(23-15)7-1-8-18)22-17(25)19-9-6-12-10-20-16(21-11-12)13-2-3-13/h10-11,13-14H,1-9H2,(H,23,24)(H2,19,22,25)/t14-/m1/s1. The van der Waals surface area contributed by atoms with Gasteiger partial charge >= 0.3 is 6.03 Å². The fourth-order valence-corrected chi connectivity index (χ4v) is 3.80. The Labute approximate surface area is 147 Å². The van der Waals surface area contributed by atoms with Crippen LogP contribution in [0.25, 0.3) is 0 Å². The van der Waals surface area contributed by atoms with Crippen molar-refractivity contribution in [1.82, 2.24) is 25.9 Å². The van der Waals surface area contributed by atoms with E-state index < -0.39 is 0 Å². The van der Waals surface area contributed by atoms with Gasteiger partial charge in [-0.2, -0.15) is 0 Å². The van der Waals surface area contributed by atoms with Gasteiger partial charge in [-0.25, -0.2) is 14.8 Å². The van der Waals surface area contributed by atoms with Crippen LogP contribution in [0.5, 0.6) is 0 Å². The molecule has 1 spiro atoms. The Bertz CT molecular complexity index is 652. The number of nitrogens with zero attached hydrogens (tertiary/aromatic N) is 2. The molecule has 2 heterocycles. The van der Waals surface area contributed by atoms with E-state index >= 15 is 0 Å². The zero-order valence-electron chi connectivity index (χ0n) is 14.4. The molecule has 2 saturated carbocycles. The smallest absolute Gasteiger partial charge is 0.315 e. The van der Waals surface area contributed by atoms with Gasteiger partial charge in [0.05, 0.1) is 11.6 Å². The largest absolute Gasteiger partial charge is 0.349 e. The van der Waals surface area contributed by atoms with Crippen LogP contribution in [0.15, 0.2) is 12.4 Å². The van der Waals surface area contributed by atoms with Gasteiger partial charge in [-0.1, -0.05) is 0 Å². The van der Waals surface area contributed by atoms with Crippen LogP contribution in [0, 0.1) is 0 Å². The average Bonchev–Trinajstić information content (AvgIpc) is 3.41. The van der Waals surface area contributed by atoms with E-state index in [2.05, 4.69) is 25.9 Å². The highest BCUT2D eigenvalue weighted by Gasteiger charge is 2.48. The molecule has 0 aromatic carbocycles. The van der Waals surface area contributed by atoms with Crippen molar-refractivity contribution < 1.29 is 9.59 Å². The van der Waals surface area contributed by atoms with Gasteiger partial charge in [0.15, 0.2) is 0 Å². The van der Waals surface area contributed by atoms with E-state index in [-0.39, 0.29) is 23.5 Å². The van der Waals surface area contributed by atoms with Gasteiger partial charge in [-0.05, 0) is 50.5 Å². The van der Waals surface area contributed by atoms with Crippen molar-refractivity contribution in [2.24, 2.45) is 0 Å². The van der Waals surface area contributed by atoms with Gasteiger partial charge in [-0.15, -0.1) is 0 Å². The Morgan fingerprint density at radius 1 is 1.24 bits per heavy atom. The Morgan fingerprint density at radius 3 is 2.64 bits per heavy atom. The van der Waals surface area contributed by atoms with Crippen molar-refractivity contribution >= 4 is 11.9 Å². The molecule has 0 bridgehead atoms. The summed E-state index contributed by atoms with van der Waals surface area (Å²) in [6.45, 7) is 0.546. The molecule has 4 rings (SSSR count). The van der Waals surface area contributed by atoms with Gasteiger partial charge < -0.3 is 16.0 Å². The second-order valence-electron chi connectivity index (χ2n) is 7.52.